The Morgan fingerprint density at radius 1 is 1.30 bits per heavy atom. The zero-order chi connectivity index (χ0) is 14.6. The van der Waals surface area contributed by atoms with Crippen LogP contribution in [0.4, 0.5) is 4.39 Å². The van der Waals surface area contributed by atoms with Crippen molar-refractivity contribution < 1.29 is 9.18 Å². The third-order valence-electron chi connectivity index (χ3n) is 4.30. The quantitative estimate of drug-likeness (QED) is 0.879. The molecule has 4 heteroatoms. The zero-order valence-corrected chi connectivity index (χ0v) is 13.2. The maximum Gasteiger partial charge on any atom is 0.137 e. The molecule has 1 aromatic rings. The summed E-state index contributed by atoms with van der Waals surface area (Å²) < 4.78 is 13.6. The molecule has 2 nitrogen and oxygen atoms in total. The molecular formula is C16H21BrFNO. The molecule has 2 N–H and O–H groups in total. The topological polar surface area (TPSA) is 43.1 Å². The van der Waals surface area contributed by atoms with E-state index in [0.717, 1.165) is 18.4 Å². The number of nitrogens with two attached hydrogens (primary N) is 1. The van der Waals surface area contributed by atoms with E-state index in [4.69, 9.17) is 5.73 Å². The van der Waals surface area contributed by atoms with E-state index in [2.05, 4.69) is 15.9 Å². The summed E-state index contributed by atoms with van der Waals surface area (Å²) in [5, 5.41) is 0. The number of ketones is 1. The van der Waals surface area contributed by atoms with Crippen LogP contribution in [0.3, 0.4) is 0 Å². The lowest BCUT2D eigenvalue weighted by Crippen LogP contribution is -2.35. The van der Waals surface area contributed by atoms with Gasteiger partial charge in [-0.3, -0.25) is 4.79 Å². The molecule has 2 rings (SSSR count). The van der Waals surface area contributed by atoms with Gasteiger partial charge in [-0.1, -0.05) is 25.3 Å². The second-order valence-corrected chi connectivity index (χ2v) is 6.76. The number of Topliss-reactive ketones (excluding diaryl/α,β-unsaturated/α-hetero) is 1. The molecule has 1 aliphatic carbocycles. The number of rotatable bonds is 5. The first kappa shape index (κ1) is 15.6. The van der Waals surface area contributed by atoms with Crippen molar-refractivity contribution in [3.8, 4) is 0 Å². The van der Waals surface area contributed by atoms with Gasteiger partial charge in [0.05, 0.1) is 4.47 Å². The molecule has 0 unspecified atom stereocenters. The van der Waals surface area contributed by atoms with Gasteiger partial charge in [-0.25, -0.2) is 4.39 Å². The van der Waals surface area contributed by atoms with Crippen molar-refractivity contribution in [3.05, 3.63) is 34.1 Å². The summed E-state index contributed by atoms with van der Waals surface area (Å²) in [6.45, 7) is 0.589. The van der Waals surface area contributed by atoms with Crippen LogP contribution < -0.4 is 5.73 Å². The summed E-state index contributed by atoms with van der Waals surface area (Å²) in [5.74, 6) is -0.0947. The van der Waals surface area contributed by atoms with E-state index >= 15 is 0 Å². The van der Waals surface area contributed by atoms with Crippen molar-refractivity contribution in [2.75, 3.05) is 6.54 Å². The summed E-state index contributed by atoms with van der Waals surface area (Å²) in [5.41, 5.74) is 6.77. The van der Waals surface area contributed by atoms with Gasteiger partial charge in [0.2, 0.25) is 0 Å². The molecule has 0 radical (unpaired) electrons. The molecule has 1 fully saturated rings. The van der Waals surface area contributed by atoms with Crippen molar-refractivity contribution in [3.63, 3.8) is 0 Å². The standard InChI is InChI=1S/C16H21BrFNO/c17-14-9-12(4-5-15(14)18)8-13(20)10-16(11-19)6-2-1-3-7-16/h4-5,9H,1-3,6-8,10-11,19H2. The average Bonchev–Trinajstić information content (AvgIpc) is 2.44. The van der Waals surface area contributed by atoms with Gasteiger partial charge in [0.1, 0.15) is 11.6 Å². The highest BCUT2D eigenvalue weighted by Gasteiger charge is 2.32. The van der Waals surface area contributed by atoms with Gasteiger partial charge in [-0.15, -0.1) is 0 Å². The Hall–Kier alpha value is -0.740. The first-order chi connectivity index (χ1) is 9.54. The zero-order valence-electron chi connectivity index (χ0n) is 11.6. The molecule has 1 saturated carbocycles. The Morgan fingerprint density at radius 2 is 2.00 bits per heavy atom. The summed E-state index contributed by atoms with van der Waals surface area (Å²) >= 11 is 3.15. The SMILES string of the molecule is NCC1(CC(=O)Cc2ccc(F)c(Br)c2)CCCCC1. The maximum absolute atomic E-state index is 13.2. The van der Waals surface area contributed by atoms with Crippen LogP contribution in [0, 0.1) is 11.2 Å². The van der Waals surface area contributed by atoms with Crippen molar-refractivity contribution in [2.45, 2.75) is 44.9 Å². The fraction of sp³-hybridized carbons (Fsp3) is 0.562. The van der Waals surface area contributed by atoms with E-state index in [1.54, 1.807) is 12.1 Å². The Labute approximate surface area is 128 Å². The molecule has 110 valence electrons. The predicted octanol–water partition coefficient (Wildman–Crippen LogP) is 4.00. The lowest BCUT2D eigenvalue weighted by molar-refractivity contribution is -0.121. The maximum atomic E-state index is 13.2. The van der Waals surface area contributed by atoms with Gasteiger partial charge >= 0.3 is 0 Å². The first-order valence-corrected chi connectivity index (χ1v) is 8.00. The molecule has 1 aromatic carbocycles. The third-order valence-corrected chi connectivity index (χ3v) is 4.91. The smallest absolute Gasteiger partial charge is 0.137 e. The second-order valence-electron chi connectivity index (χ2n) is 5.91. The summed E-state index contributed by atoms with van der Waals surface area (Å²) in [4.78, 5) is 12.3. The van der Waals surface area contributed by atoms with Crippen LogP contribution in [-0.4, -0.2) is 12.3 Å². The van der Waals surface area contributed by atoms with E-state index in [0.29, 0.717) is 23.9 Å². The molecular weight excluding hydrogens is 321 g/mol. The van der Waals surface area contributed by atoms with Gasteiger partial charge in [-0.05, 0) is 58.4 Å². The molecule has 0 heterocycles. The number of carbonyl (C=O) groups excluding carboxylic acids is 1. The molecule has 20 heavy (non-hydrogen) atoms. The Kier molecular flexibility index (Phi) is 5.33. The summed E-state index contributed by atoms with van der Waals surface area (Å²) in [7, 11) is 0. The highest BCUT2D eigenvalue weighted by atomic mass is 79.9. The van der Waals surface area contributed by atoms with Gasteiger partial charge in [0.25, 0.3) is 0 Å². The van der Waals surface area contributed by atoms with Gasteiger partial charge in [0.15, 0.2) is 0 Å². The lowest BCUT2D eigenvalue weighted by Gasteiger charge is -2.35. The highest BCUT2D eigenvalue weighted by molar-refractivity contribution is 9.10. The van der Waals surface area contributed by atoms with Crippen LogP contribution in [-0.2, 0) is 11.2 Å². The Bertz CT molecular complexity index is 483. The van der Waals surface area contributed by atoms with Crippen LogP contribution in [0.2, 0.25) is 0 Å². The van der Waals surface area contributed by atoms with E-state index in [9.17, 15) is 9.18 Å². The second kappa shape index (κ2) is 6.81. The number of hydrogen-bond donors (Lipinski definition) is 1. The number of hydrogen-bond acceptors (Lipinski definition) is 2. The minimum absolute atomic E-state index is 0.00654. The highest BCUT2D eigenvalue weighted by Crippen LogP contribution is 2.38. The minimum Gasteiger partial charge on any atom is -0.330 e. The molecule has 0 saturated heterocycles. The molecule has 0 aromatic heterocycles. The van der Waals surface area contributed by atoms with E-state index in [-0.39, 0.29) is 17.0 Å². The summed E-state index contributed by atoms with van der Waals surface area (Å²) in [6, 6.07) is 4.75. The molecule has 0 spiro atoms. The molecule has 0 bridgehead atoms. The van der Waals surface area contributed by atoms with Crippen LogP contribution in [0.25, 0.3) is 0 Å². The van der Waals surface area contributed by atoms with Gasteiger partial charge in [0, 0.05) is 12.8 Å². The van der Waals surface area contributed by atoms with Gasteiger partial charge < -0.3 is 5.73 Å². The van der Waals surface area contributed by atoms with Crippen LogP contribution in [0.1, 0.15) is 44.1 Å². The fourth-order valence-electron chi connectivity index (χ4n) is 3.11. The minimum atomic E-state index is -0.299. The van der Waals surface area contributed by atoms with E-state index < -0.39 is 0 Å². The predicted molar refractivity (Wildman–Crippen MR) is 82.0 cm³/mol. The summed E-state index contributed by atoms with van der Waals surface area (Å²) in [6.07, 6.45) is 6.63. The van der Waals surface area contributed by atoms with Crippen molar-refractivity contribution in [1.29, 1.82) is 0 Å². The lowest BCUT2D eigenvalue weighted by atomic mass is 9.70. The first-order valence-electron chi connectivity index (χ1n) is 7.20. The molecule has 1 aliphatic rings. The van der Waals surface area contributed by atoms with E-state index in [1.165, 1.54) is 25.3 Å². The Morgan fingerprint density at radius 3 is 2.60 bits per heavy atom. The molecule has 0 aliphatic heterocycles. The van der Waals surface area contributed by atoms with Gasteiger partial charge in [-0.2, -0.15) is 0 Å². The normalized spacial score (nSPS) is 17.9. The van der Waals surface area contributed by atoms with Crippen LogP contribution in [0.5, 0.6) is 0 Å². The monoisotopic (exact) mass is 341 g/mol. The molecule has 0 amide bonds. The van der Waals surface area contributed by atoms with Crippen molar-refractivity contribution >= 4 is 21.7 Å². The van der Waals surface area contributed by atoms with Crippen molar-refractivity contribution in [1.82, 2.24) is 0 Å². The Balaban J connectivity index is 1.98. The largest absolute Gasteiger partial charge is 0.330 e. The fourth-order valence-corrected chi connectivity index (χ4v) is 3.54. The number of benzene rings is 1. The average molecular weight is 342 g/mol. The molecule has 0 atom stereocenters. The van der Waals surface area contributed by atoms with Crippen LogP contribution >= 0.6 is 15.9 Å². The number of halogens is 2. The third kappa shape index (κ3) is 3.89. The number of carbonyl (C=O) groups is 1. The van der Waals surface area contributed by atoms with E-state index in [1.807, 2.05) is 0 Å². The van der Waals surface area contributed by atoms with Crippen molar-refractivity contribution in [2.24, 2.45) is 11.1 Å². The van der Waals surface area contributed by atoms with Crippen LogP contribution in [0.15, 0.2) is 22.7 Å².